The van der Waals surface area contributed by atoms with Crippen LogP contribution in [0.15, 0.2) is 30.6 Å². The van der Waals surface area contributed by atoms with E-state index >= 15 is 0 Å². The lowest BCUT2D eigenvalue weighted by atomic mass is 10.1. The molecule has 1 fully saturated rings. The molecule has 8 heteroatoms. The van der Waals surface area contributed by atoms with Crippen LogP contribution < -0.4 is 10.6 Å². The summed E-state index contributed by atoms with van der Waals surface area (Å²) < 4.78 is 1.49. The normalized spacial score (nSPS) is 17.8. The number of rotatable bonds is 3. The lowest BCUT2D eigenvalue weighted by molar-refractivity contribution is 0.0930. The van der Waals surface area contributed by atoms with Crippen LogP contribution >= 0.6 is 12.4 Å². The maximum Gasteiger partial charge on any atom is 0.253 e. The third-order valence-electron chi connectivity index (χ3n) is 3.38. The van der Waals surface area contributed by atoms with E-state index in [9.17, 15) is 4.79 Å². The van der Waals surface area contributed by atoms with Gasteiger partial charge in [0.05, 0.1) is 11.3 Å². The Balaban J connectivity index is 0.00000161. The summed E-state index contributed by atoms with van der Waals surface area (Å²) in [4.78, 5) is 12.4. The van der Waals surface area contributed by atoms with E-state index in [2.05, 4.69) is 26.2 Å². The van der Waals surface area contributed by atoms with E-state index in [1.54, 1.807) is 6.07 Å². The molecular weight excluding hydrogens is 292 g/mol. The van der Waals surface area contributed by atoms with Crippen LogP contribution in [0.5, 0.6) is 0 Å². The second kappa shape index (κ2) is 7.14. The van der Waals surface area contributed by atoms with Gasteiger partial charge in [-0.05, 0) is 41.9 Å². The van der Waals surface area contributed by atoms with Crippen molar-refractivity contribution in [1.82, 2.24) is 30.8 Å². The maximum absolute atomic E-state index is 12.4. The second-order valence-electron chi connectivity index (χ2n) is 4.79. The lowest BCUT2D eigenvalue weighted by Crippen LogP contribution is -2.45. The average molecular weight is 309 g/mol. The summed E-state index contributed by atoms with van der Waals surface area (Å²) in [5.41, 5.74) is 1.25. The average Bonchev–Trinajstić information content (AvgIpc) is 3.02. The van der Waals surface area contributed by atoms with Crippen LogP contribution in [-0.2, 0) is 0 Å². The van der Waals surface area contributed by atoms with Crippen LogP contribution in [0.1, 0.15) is 23.2 Å². The SMILES string of the molecule is Cl.O=C(N[C@H]1CCCNC1)c1ccccc1-n1cnnn1. The van der Waals surface area contributed by atoms with Gasteiger partial charge >= 0.3 is 0 Å². The van der Waals surface area contributed by atoms with Crippen molar-refractivity contribution < 1.29 is 4.79 Å². The molecule has 1 aromatic carbocycles. The lowest BCUT2D eigenvalue weighted by Gasteiger charge is -2.24. The first-order chi connectivity index (χ1) is 9.84. The maximum atomic E-state index is 12.4. The molecule has 0 aliphatic carbocycles. The van der Waals surface area contributed by atoms with Crippen molar-refractivity contribution in [2.75, 3.05) is 13.1 Å². The first kappa shape index (κ1) is 15.4. The monoisotopic (exact) mass is 308 g/mol. The minimum absolute atomic E-state index is 0. The molecule has 112 valence electrons. The van der Waals surface area contributed by atoms with Gasteiger partial charge in [-0.1, -0.05) is 12.1 Å². The molecule has 1 amide bonds. The number of nitrogens with zero attached hydrogens (tertiary/aromatic N) is 4. The summed E-state index contributed by atoms with van der Waals surface area (Å²) in [7, 11) is 0. The summed E-state index contributed by atoms with van der Waals surface area (Å²) in [6.07, 6.45) is 3.57. The van der Waals surface area contributed by atoms with Gasteiger partial charge < -0.3 is 10.6 Å². The van der Waals surface area contributed by atoms with Crippen LogP contribution in [0.3, 0.4) is 0 Å². The molecule has 21 heavy (non-hydrogen) atoms. The Morgan fingerprint density at radius 3 is 2.95 bits per heavy atom. The molecule has 3 rings (SSSR count). The number of halogens is 1. The molecule has 1 aliphatic rings. The first-order valence-electron chi connectivity index (χ1n) is 6.68. The van der Waals surface area contributed by atoms with Crippen LogP contribution in [0, 0.1) is 0 Å². The number of tetrazole rings is 1. The predicted molar refractivity (Wildman–Crippen MR) is 79.8 cm³/mol. The highest BCUT2D eigenvalue weighted by molar-refractivity contribution is 5.97. The number of para-hydroxylation sites is 1. The molecular formula is C13H17ClN6O. The largest absolute Gasteiger partial charge is 0.348 e. The molecule has 2 aromatic rings. The van der Waals surface area contributed by atoms with E-state index in [1.807, 2.05) is 18.2 Å². The Bertz CT molecular complexity index is 582. The zero-order chi connectivity index (χ0) is 13.8. The summed E-state index contributed by atoms with van der Waals surface area (Å²) in [5, 5.41) is 17.4. The molecule has 1 atom stereocenters. The molecule has 0 saturated carbocycles. The third kappa shape index (κ3) is 3.56. The van der Waals surface area contributed by atoms with Gasteiger partial charge in [0.2, 0.25) is 0 Å². The van der Waals surface area contributed by atoms with Crippen LogP contribution in [-0.4, -0.2) is 45.2 Å². The van der Waals surface area contributed by atoms with Crippen LogP contribution in [0.2, 0.25) is 0 Å². The van der Waals surface area contributed by atoms with Gasteiger partial charge in [0.25, 0.3) is 5.91 Å². The molecule has 0 unspecified atom stereocenters. The number of carbonyl (C=O) groups excluding carboxylic acids is 1. The van der Waals surface area contributed by atoms with E-state index in [-0.39, 0.29) is 24.4 Å². The zero-order valence-electron chi connectivity index (χ0n) is 11.4. The van der Waals surface area contributed by atoms with Crippen molar-refractivity contribution in [3.8, 4) is 5.69 Å². The van der Waals surface area contributed by atoms with Gasteiger partial charge in [0.15, 0.2) is 0 Å². The van der Waals surface area contributed by atoms with Crippen molar-refractivity contribution in [3.05, 3.63) is 36.2 Å². The number of hydrogen-bond acceptors (Lipinski definition) is 5. The molecule has 0 radical (unpaired) electrons. The van der Waals surface area contributed by atoms with E-state index in [1.165, 1.54) is 11.0 Å². The number of amides is 1. The van der Waals surface area contributed by atoms with Crippen LogP contribution in [0.4, 0.5) is 0 Å². The standard InChI is InChI=1S/C13H16N6O.ClH/c20-13(16-10-4-3-7-14-8-10)11-5-1-2-6-12(11)19-9-15-17-18-19;/h1-2,5-6,9-10,14H,3-4,7-8H2,(H,16,20);1H/t10-;/m0./s1. The molecule has 2 heterocycles. The molecule has 0 bridgehead atoms. The topological polar surface area (TPSA) is 84.7 Å². The predicted octanol–water partition coefficient (Wildman–Crippen LogP) is 0.566. The van der Waals surface area contributed by atoms with Gasteiger partial charge in [-0.2, -0.15) is 4.68 Å². The number of aromatic nitrogens is 4. The number of carbonyl (C=O) groups is 1. The fraction of sp³-hybridized carbons (Fsp3) is 0.385. The van der Waals surface area contributed by atoms with Gasteiger partial charge in [-0.3, -0.25) is 4.79 Å². The highest BCUT2D eigenvalue weighted by Gasteiger charge is 2.18. The van der Waals surface area contributed by atoms with Crippen molar-refractivity contribution in [2.45, 2.75) is 18.9 Å². The summed E-state index contributed by atoms with van der Waals surface area (Å²) in [5.74, 6) is -0.0928. The summed E-state index contributed by atoms with van der Waals surface area (Å²) in [6, 6.07) is 7.48. The minimum atomic E-state index is -0.0928. The summed E-state index contributed by atoms with van der Waals surface area (Å²) >= 11 is 0. The fourth-order valence-electron chi connectivity index (χ4n) is 2.38. The Morgan fingerprint density at radius 2 is 2.24 bits per heavy atom. The summed E-state index contributed by atoms with van der Waals surface area (Å²) in [6.45, 7) is 1.84. The Kier molecular flexibility index (Phi) is 5.24. The van der Waals surface area contributed by atoms with Crippen molar-refractivity contribution in [2.24, 2.45) is 0 Å². The molecule has 1 saturated heterocycles. The van der Waals surface area contributed by atoms with E-state index < -0.39 is 0 Å². The first-order valence-corrected chi connectivity index (χ1v) is 6.68. The molecule has 7 nitrogen and oxygen atoms in total. The molecule has 1 aliphatic heterocycles. The third-order valence-corrected chi connectivity index (χ3v) is 3.38. The smallest absolute Gasteiger partial charge is 0.253 e. The molecule has 1 aromatic heterocycles. The van der Waals surface area contributed by atoms with Crippen LogP contribution in [0.25, 0.3) is 5.69 Å². The fourth-order valence-corrected chi connectivity index (χ4v) is 2.38. The number of hydrogen-bond donors (Lipinski definition) is 2. The van der Waals surface area contributed by atoms with E-state index in [4.69, 9.17) is 0 Å². The van der Waals surface area contributed by atoms with Crippen molar-refractivity contribution >= 4 is 18.3 Å². The van der Waals surface area contributed by atoms with Gasteiger partial charge in [0.1, 0.15) is 6.33 Å². The Labute approximate surface area is 128 Å². The Hall–Kier alpha value is -1.99. The van der Waals surface area contributed by atoms with Crippen molar-refractivity contribution in [3.63, 3.8) is 0 Å². The number of nitrogens with one attached hydrogen (secondary N) is 2. The zero-order valence-corrected chi connectivity index (χ0v) is 12.2. The van der Waals surface area contributed by atoms with E-state index in [0.717, 1.165) is 25.9 Å². The highest BCUT2D eigenvalue weighted by atomic mass is 35.5. The molecule has 0 spiro atoms. The minimum Gasteiger partial charge on any atom is -0.348 e. The number of benzene rings is 1. The van der Waals surface area contributed by atoms with E-state index in [0.29, 0.717) is 11.3 Å². The Morgan fingerprint density at radius 1 is 1.38 bits per heavy atom. The van der Waals surface area contributed by atoms with Gasteiger partial charge in [0, 0.05) is 12.6 Å². The quantitative estimate of drug-likeness (QED) is 0.866. The molecule has 2 N–H and O–H groups in total. The second-order valence-corrected chi connectivity index (χ2v) is 4.79. The van der Waals surface area contributed by atoms with Gasteiger partial charge in [-0.15, -0.1) is 17.5 Å². The number of piperidine rings is 1. The van der Waals surface area contributed by atoms with Gasteiger partial charge in [-0.25, -0.2) is 0 Å². The van der Waals surface area contributed by atoms with Crippen molar-refractivity contribution in [1.29, 1.82) is 0 Å². The highest BCUT2D eigenvalue weighted by Crippen LogP contribution is 2.13.